The van der Waals surface area contributed by atoms with Crippen LogP contribution < -0.4 is 34.3 Å². The minimum absolute atomic E-state index is 0. The quantitative estimate of drug-likeness (QED) is 0.392. The van der Waals surface area contributed by atoms with E-state index in [9.17, 15) is 5.21 Å². The van der Waals surface area contributed by atoms with Crippen LogP contribution in [0.4, 0.5) is 0 Å². The van der Waals surface area contributed by atoms with Gasteiger partial charge in [-0.25, -0.2) is 0 Å². The van der Waals surface area contributed by atoms with Crippen molar-refractivity contribution in [2.24, 2.45) is 0 Å². The summed E-state index contributed by atoms with van der Waals surface area (Å²) in [6.07, 6.45) is 1.32. The average Bonchev–Trinajstić information content (AvgIpc) is 1.95. The first kappa shape index (κ1) is 11.0. The van der Waals surface area contributed by atoms with Crippen molar-refractivity contribution in [1.82, 2.24) is 4.73 Å². The van der Waals surface area contributed by atoms with E-state index in [-0.39, 0.29) is 34.2 Å². The van der Waals surface area contributed by atoms with Gasteiger partial charge >= 0.3 is 29.6 Å². The van der Waals surface area contributed by atoms with Crippen LogP contribution in [0, 0.1) is 9.85 Å². The maximum Gasteiger partial charge on any atom is 1.00 e. The van der Waals surface area contributed by atoms with Crippen LogP contribution in [-0.2, 0) is 0 Å². The Balaban J connectivity index is 0.000001000. The molecule has 11 heavy (non-hydrogen) atoms. The third-order valence-corrected chi connectivity index (χ3v) is 1.39. The van der Waals surface area contributed by atoms with Crippen molar-refractivity contribution in [3.63, 3.8) is 0 Å². The van der Waals surface area contributed by atoms with Crippen LogP contribution in [0.1, 0.15) is 0 Å². The molecule has 0 fully saturated rings. The third-order valence-electron chi connectivity index (χ3n) is 1.09. The molecule has 1 aromatic rings. The Hall–Kier alpha value is -0.0300. The van der Waals surface area contributed by atoms with E-state index in [0.29, 0.717) is 10.5 Å². The molecule has 1 heterocycles. The van der Waals surface area contributed by atoms with E-state index in [1.165, 1.54) is 19.4 Å². The van der Waals surface area contributed by atoms with Gasteiger partial charge in [0.05, 0.1) is 7.11 Å². The summed E-state index contributed by atoms with van der Waals surface area (Å²) in [5.41, 5.74) is 0. The molecule has 1 rings (SSSR count). The predicted molar refractivity (Wildman–Crippen MR) is 40.6 cm³/mol. The van der Waals surface area contributed by atoms with E-state index in [1.54, 1.807) is 6.07 Å². The Morgan fingerprint density at radius 3 is 2.73 bits per heavy atom. The van der Waals surface area contributed by atoms with E-state index in [2.05, 4.69) is 12.2 Å². The van der Waals surface area contributed by atoms with Crippen molar-refractivity contribution in [3.8, 4) is 5.75 Å². The van der Waals surface area contributed by atoms with Gasteiger partial charge in [0.15, 0.2) is 0 Å². The number of rotatable bonds is 1. The van der Waals surface area contributed by atoms with Crippen LogP contribution in [0.5, 0.6) is 5.75 Å². The van der Waals surface area contributed by atoms with E-state index in [4.69, 9.17) is 4.74 Å². The fraction of sp³-hybridized carbons (Fsp3) is 0.167. The number of aromatic nitrogens is 1. The van der Waals surface area contributed by atoms with Crippen LogP contribution in [0.15, 0.2) is 18.3 Å². The minimum atomic E-state index is 0. The monoisotopic (exact) mass is 179 g/mol. The van der Waals surface area contributed by atoms with Crippen LogP contribution in [0.2, 0.25) is 0 Å². The Morgan fingerprint density at radius 2 is 2.27 bits per heavy atom. The van der Waals surface area contributed by atoms with Crippen molar-refractivity contribution in [1.29, 1.82) is 0 Å². The van der Waals surface area contributed by atoms with Crippen LogP contribution >= 0.6 is 12.2 Å². The van der Waals surface area contributed by atoms with Crippen LogP contribution in [-0.4, -0.2) is 11.8 Å². The van der Waals surface area contributed by atoms with Gasteiger partial charge in [0.1, 0.15) is 10.4 Å². The van der Waals surface area contributed by atoms with Crippen molar-refractivity contribution in [3.05, 3.63) is 28.2 Å². The van der Waals surface area contributed by atoms with E-state index < -0.39 is 0 Å². The largest absolute Gasteiger partial charge is 1.00 e. The van der Waals surface area contributed by atoms with E-state index >= 15 is 0 Å². The number of ether oxygens (including phenoxy) is 1. The fourth-order valence-corrected chi connectivity index (χ4v) is 0.752. The Morgan fingerprint density at radius 1 is 1.64 bits per heavy atom. The van der Waals surface area contributed by atoms with Gasteiger partial charge in [-0.05, 0) is 6.07 Å². The van der Waals surface area contributed by atoms with Gasteiger partial charge in [0.2, 0.25) is 0 Å². The van der Waals surface area contributed by atoms with E-state index in [1.807, 2.05) is 0 Å². The second-order valence-electron chi connectivity index (χ2n) is 1.73. The molecule has 0 saturated carbocycles. The van der Waals surface area contributed by atoms with Gasteiger partial charge in [-0.2, -0.15) is 0 Å². The molecule has 0 unspecified atom stereocenters. The summed E-state index contributed by atoms with van der Waals surface area (Å²) in [5, 5.41) is 10.6. The molecule has 0 aliphatic rings. The van der Waals surface area contributed by atoms with E-state index in [0.717, 1.165) is 0 Å². The zero-order valence-electron chi connectivity index (χ0n) is 6.40. The molecule has 0 radical (unpaired) electrons. The second kappa shape index (κ2) is 4.77. The molecule has 0 aliphatic heterocycles. The SMILES string of the molecule is COc1ccn([O-])c(=S)c1.[Na+]. The Labute approximate surface area is 91.9 Å². The maximum absolute atomic E-state index is 10.6. The summed E-state index contributed by atoms with van der Waals surface area (Å²) in [5.74, 6) is 0.608. The first-order valence-electron chi connectivity index (χ1n) is 2.68. The number of pyridine rings is 1. The normalized spacial score (nSPS) is 8.45. The van der Waals surface area contributed by atoms with Crippen molar-refractivity contribution in [2.45, 2.75) is 0 Å². The van der Waals surface area contributed by atoms with Crippen LogP contribution in [0.3, 0.4) is 0 Å². The van der Waals surface area contributed by atoms with Gasteiger partial charge in [0, 0.05) is 12.3 Å². The molecule has 1 aromatic heterocycles. The third kappa shape index (κ3) is 2.83. The van der Waals surface area contributed by atoms with Crippen molar-refractivity contribution >= 4 is 12.2 Å². The average molecular weight is 179 g/mol. The van der Waals surface area contributed by atoms with Gasteiger partial charge in [-0.15, -0.1) is 0 Å². The summed E-state index contributed by atoms with van der Waals surface area (Å²) < 4.78 is 5.66. The molecule has 3 nitrogen and oxygen atoms in total. The molecule has 0 saturated heterocycles. The summed E-state index contributed by atoms with van der Waals surface area (Å²) in [4.78, 5) is 0. The predicted octanol–water partition coefficient (Wildman–Crippen LogP) is -1.42. The molecule has 0 N–H and O–H groups in total. The molecule has 0 bridgehead atoms. The minimum Gasteiger partial charge on any atom is -0.805 e. The van der Waals surface area contributed by atoms with Gasteiger partial charge in [-0.1, -0.05) is 12.2 Å². The molecule has 0 aliphatic carbocycles. The molecule has 5 heteroatoms. The molecule has 0 atom stereocenters. The Bertz CT molecular complexity index is 286. The number of nitrogens with zero attached hydrogens (tertiary/aromatic N) is 1. The first-order chi connectivity index (χ1) is 4.74. The van der Waals surface area contributed by atoms with Crippen molar-refractivity contribution in [2.75, 3.05) is 7.11 Å². The smallest absolute Gasteiger partial charge is 0.805 e. The van der Waals surface area contributed by atoms with Gasteiger partial charge in [0.25, 0.3) is 0 Å². The summed E-state index contributed by atoms with van der Waals surface area (Å²) in [6, 6.07) is 3.06. The Kier molecular flexibility index (Phi) is 4.76. The van der Waals surface area contributed by atoms with Gasteiger partial charge in [-0.3, -0.25) is 0 Å². The molecular weight excluding hydrogens is 173 g/mol. The van der Waals surface area contributed by atoms with Crippen LogP contribution in [0.25, 0.3) is 0 Å². The van der Waals surface area contributed by atoms with Gasteiger partial charge < -0.3 is 14.7 Å². The summed E-state index contributed by atoms with van der Waals surface area (Å²) >= 11 is 4.68. The summed E-state index contributed by atoms with van der Waals surface area (Å²) in [7, 11) is 1.53. The zero-order valence-corrected chi connectivity index (χ0v) is 9.22. The summed E-state index contributed by atoms with van der Waals surface area (Å²) in [6.45, 7) is 0. The molecule has 0 spiro atoms. The number of hydrogen-bond acceptors (Lipinski definition) is 3. The topological polar surface area (TPSA) is 37.2 Å². The standard InChI is InChI=1S/C6H6NO2S.Na/c1-9-5-2-3-7(8)6(10)4-5;/h2-4H,1H3;/q-1;+1. The maximum atomic E-state index is 10.6. The fourth-order valence-electron chi connectivity index (χ4n) is 0.575. The second-order valence-corrected chi connectivity index (χ2v) is 2.15. The molecule has 0 amide bonds. The zero-order chi connectivity index (χ0) is 7.56. The van der Waals surface area contributed by atoms with Crippen molar-refractivity contribution < 1.29 is 34.3 Å². The number of methoxy groups -OCH3 is 1. The number of hydrogen-bond donors (Lipinski definition) is 0. The molecule has 54 valence electrons. The first-order valence-corrected chi connectivity index (χ1v) is 3.09. The molecule has 0 aromatic carbocycles. The molecular formula is C6H6NNaO2S.